The summed E-state index contributed by atoms with van der Waals surface area (Å²) in [6, 6.07) is 8.69. The van der Waals surface area contributed by atoms with Crippen molar-refractivity contribution in [2.75, 3.05) is 37.7 Å². The Bertz CT molecular complexity index is 847. The molecule has 2 aromatic rings. The molecule has 0 radical (unpaired) electrons. The zero-order valence-corrected chi connectivity index (χ0v) is 15.9. The lowest BCUT2D eigenvalue weighted by molar-refractivity contribution is -0.148. The minimum Gasteiger partial charge on any atom is -0.471 e. The number of ether oxygens (including phenoxy) is 1. The van der Waals surface area contributed by atoms with Gasteiger partial charge in [-0.05, 0) is 36.8 Å². The number of rotatable bonds is 6. The van der Waals surface area contributed by atoms with Crippen molar-refractivity contribution in [1.29, 1.82) is 0 Å². The molecule has 3 rings (SSSR count). The summed E-state index contributed by atoms with van der Waals surface area (Å²) in [5.41, 5.74) is 1.10. The van der Waals surface area contributed by atoms with Crippen molar-refractivity contribution in [3.8, 4) is 5.88 Å². The number of alkyl halides is 4. The van der Waals surface area contributed by atoms with E-state index in [9.17, 15) is 26.7 Å². The monoisotopic (exact) mass is 429 g/mol. The minimum absolute atomic E-state index is 0.234. The first-order valence-electron chi connectivity index (χ1n) is 9.31. The van der Waals surface area contributed by atoms with Crippen LogP contribution in [-0.2, 0) is 0 Å². The molecule has 0 aliphatic carbocycles. The molecule has 1 fully saturated rings. The van der Waals surface area contributed by atoms with Gasteiger partial charge in [0.25, 0.3) is 5.91 Å². The molecule has 1 aromatic heterocycles. The van der Waals surface area contributed by atoms with Crippen LogP contribution in [0.25, 0.3) is 0 Å². The van der Waals surface area contributed by atoms with Crippen LogP contribution in [0.5, 0.6) is 5.88 Å². The Labute approximate surface area is 170 Å². The third-order valence-electron chi connectivity index (χ3n) is 4.69. The van der Waals surface area contributed by atoms with Crippen molar-refractivity contribution in [3.05, 3.63) is 54.0 Å². The lowest BCUT2D eigenvalue weighted by atomic mass is 10.2. The quantitative estimate of drug-likeness (QED) is 0.655. The molecule has 10 heteroatoms. The van der Waals surface area contributed by atoms with E-state index in [4.69, 9.17) is 0 Å². The van der Waals surface area contributed by atoms with Crippen molar-refractivity contribution >= 4 is 11.6 Å². The van der Waals surface area contributed by atoms with E-state index in [0.29, 0.717) is 32.6 Å². The summed E-state index contributed by atoms with van der Waals surface area (Å²) < 4.78 is 67.8. The maximum absolute atomic E-state index is 13.1. The number of anilines is 1. The van der Waals surface area contributed by atoms with Crippen molar-refractivity contribution in [3.63, 3.8) is 0 Å². The van der Waals surface area contributed by atoms with E-state index in [1.54, 1.807) is 17.0 Å². The van der Waals surface area contributed by atoms with Crippen LogP contribution in [0.15, 0.2) is 42.6 Å². The number of carbonyl (C=O) groups is 1. The van der Waals surface area contributed by atoms with E-state index in [1.165, 1.54) is 30.5 Å². The molecule has 1 saturated heterocycles. The molecule has 0 unspecified atom stereocenters. The molecule has 1 aliphatic heterocycles. The first-order chi connectivity index (χ1) is 14.3. The van der Waals surface area contributed by atoms with Crippen LogP contribution in [-0.4, -0.2) is 60.9 Å². The molecule has 30 heavy (non-hydrogen) atoms. The summed E-state index contributed by atoms with van der Waals surface area (Å²) in [5, 5.41) is 0. The van der Waals surface area contributed by atoms with E-state index in [2.05, 4.69) is 14.6 Å². The molecule has 0 N–H and O–H groups in total. The summed E-state index contributed by atoms with van der Waals surface area (Å²) in [6.45, 7) is 0.717. The third-order valence-corrected chi connectivity index (χ3v) is 4.69. The highest BCUT2D eigenvalue weighted by molar-refractivity contribution is 5.94. The van der Waals surface area contributed by atoms with Gasteiger partial charge in [0.1, 0.15) is 5.82 Å². The predicted molar refractivity (Wildman–Crippen MR) is 99.8 cm³/mol. The molecule has 2 heterocycles. The molecule has 1 amide bonds. The molecule has 1 aliphatic rings. The predicted octanol–water partition coefficient (Wildman–Crippen LogP) is 3.85. The van der Waals surface area contributed by atoms with E-state index in [1.807, 2.05) is 0 Å². The average molecular weight is 429 g/mol. The van der Waals surface area contributed by atoms with E-state index < -0.39 is 19.0 Å². The second kappa shape index (κ2) is 9.27. The number of amides is 1. The van der Waals surface area contributed by atoms with Crippen molar-refractivity contribution in [2.45, 2.75) is 18.8 Å². The zero-order valence-electron chi connectivity index (χ0n) is 15.9. The fourth-order valence-electron chi connectivity index (χ4n) is 3.04. The molecule has 0 atom stereocenters. The lowest BCUT2D eigenvalue weighted by Gasteiger charge is -2.23. The van der Waals surface area contributed by atoms with E-state index >= 15 is 0 Å². The number of halogens is 5. The van der Waals surface area contributed by atoms with E-state index in [0.717, 1.165) is 5.69 Å². The smallest absolute Gasteiger partial charge is 0.340 e. The molecular weight excluding hydrogens is 409 g/mol. The van der Waals surface area contributed by atoms with Crippen LogP contribution >= 0.6 is 0 Å². The highest BCUT2D eigenvalue weighted by Gasteiger charge is 2.41. The van der Waals surface area contributed by atoms with Crippen LogP contribution < -0.4 is 9.64 Å². The van der Waals surface area contributed by atoms with E-state index in [-0.39, 0.29) is 23.2 Å². The van der Waals surface area contributed by atoms with Crippen LogP contribution in [0.3, 0.4) is 0 Å². The van der Waals surface area contributed by atoms with Crippen LogP contribution in [0.2, 0.25) is 0 Å². The SMILES string of the molecule is O=C(c1ccc(OCC(F)(F)C(F)F)nc1)N1CCCN(c2ccc(F)cc2)CC1. The van der Waals surface area contributed by atoms with Gasteiger partial charge < -0.3 is 14.5 Å². The summed E-state index contributed by atoms with van der Waals surface area (Å²) in [7, 11) is 0. The standard InChI is InChI=1S/C20H20F5N3O2/c21-15-3-5-16(6-4-15)27-8-1-9-28(11-10-27)18(29)14-2-7-17(26-12-14)30-13-20(24,25)19(22)23/h2-7,12,19H,1,8-11,13H2. The number of hydrogen-bond acceptors (Lipinski definition) is 4. The van der Waals surface area contributed by atoms with Gasteiger partial charge in [0.05, 0.1) is 5.56 Å². The van der Waals surface area contributed by atoms with Crippen molar-refractivity contribution < 1.29 is 31.5 Å². The number of pyridine rings is 1. The summed E-state index contributed by atoms with van der Waals surface area (Å²) >= 11 is 0. The van der Waals surface area contributed by atoms with Crippen LogP contribution in [0, 0.1) is 5.82 Å². The first-order valence-corrected chi connectivity index (χ1v) is 9.31. The van der Waals surface area contributed by atoms with Gasteiger partial charge in [-0.15, -0.1) is 0 Å². The largest absolute Gasteiger partial charge is 0.471 e. The Morgan fingerprint density at radius 2 is 1.80 bits per heavy atom. The average Bonchev–Trinajstić information content (AvgIpc) is 2.99. The summed E-state index contributed by atoms with van der Waals surface area (Å²) in [5.74, 6) is -5.15. The van der Waals surface area contributed by atoms with Gasteiger partial charge in [0.2, 0.25) is 5.88 Å². The Morgan fingerprint density at radius 3 is 2.43 bits per heavy atom. The van der Waals surface area contributed by atoms with Gasteiger partial charge in [0.15, 0.2) is 6.61 Å². The number of hydrogen-bond donors (Lipinski definition) is 0. The van der Waals surface area contributed by atoms with Gasteiger partial charge in [-0.2, -0.15) is 8.78 Å². The van der Waals surface area contributed by atoms with Crippen LogP contribution in [0.1, 0.15) is 16.8 Å². The third kappa shape index (κ3) is 5.37. The number of nitrogens with zero attached hydrogens (tertiary/aromatic N) is 3. The maximum Gasteiger partial charge on any atom is 0.340 e. The second-order valence-electron chi connectivity index (χ2n) is 6.84. The van der Waals surface area contributed by atoms with Gasteiger partial charge in [-0.1, -0.05) is 0 Å². The number of benzene rings is 1. The highest BCUT2D eigenvalue weighted by Crippen LogP contribution is 2.24. The van der Waals surface area contributed by atoms with Gasteiger partial charge in [-0.3, -0.25) is 4.79 Å². The number of carbonyl (C=O) groups excluding carboxylic acids is 1. The fourth-order valence-corrected chi connectivity index (χ4v) is 3.04. The van der Waals surface area contributed by atoms with Crippen molar-refractivity contribution in [2.24, 2.45) is 0 Å². The number of aromatic nitrogens is 1. The zero-order chi connectivity index (χ0) is 21.7. The fraction of sp³-hybridized carbons (Fsp3) is 0.400. The molecule has 1 aromatic carbocycles. The Hall–Kier alpha value is -2.91. The second-order valence-corrected chi connectivity index (χ2v) is 6.84. The van der Waals surface area contributed by atoms with Gasteiger partial charge in [-0.25, -0.2) is 18.2 Å². The topological polar surface area (TPSA) is 45.7 Å². The highest BCUT2D eigenvalue weighted by atomic mass is 19.3. The van der Waals surface area contributed by atoms with Crippen LogP contribution in [0.4, 0.5) is 27.6 Å². The molecular formula is C20H20F5N3O2. The van der Waals surface area contributed by atoms with Gasteiger partial charge >= 0.3 is 12.3 Å². The summed E-state index contributed by atoms with van der Waals surface area (Å²) in [4.78, 5) is 20.2. The Balaban J connectivity index is 1.57. The normalized spacial score (nSPS) is 15.3. The molecule has 0 saturated carbocycles. The Morgan fingerprint density at radius 1 is 1.07 bits per heavy atom. The first kappa shape index (κ1) is 21.8. The minimum atomic E-state index is -4.28. The Kier molecular flexibility index (Phi) is 6.73. The lowest BCUT2D eigenvalue weighted by Crippen LogP contribution is -2.35. The maximum atomic E-state index is 13.1. The summed E-state index contributed by atoms with van der Waals surface area (Å²) in [6.07, 6.45) is -1.96. The van der Waals surface area contributed by atoms with Crippen molar-refractivity contribution in [1.82, 2.24) is 9.88 Å². The molecule has 5 nitrogen and oxygen atoms in total. The molecule has 162 valence electrons. The molecule has 0 bridgehead atoms. The molecule has 0 spiro atoms. The van der Waals surface area contributed by atoms with Gasteiger partial charge in [0, 0.05) is 44.1 Å².